The van der Waals surface area contributed by atoms with Crippen LogP contribution in [0.25, 0.3) is 0 Å². The van der Waals surface area contributed by atoms with Gasteiger partial charge in [-0.3, -0.25) is 4.79 Å². The molecule has 0 amide bonds. The average Bonchev–Trinajstić information content (AvgIpc) is 2.17. The van der Waals surface area contributed by atoms with Crippen LogP contribution in [0, 0.1) is 5.82 Å². The fourth-order valence-corrected chi connectivity index (χ4v) is 1.36. The lowest BCUT2D eigenvalue weighted by atomic mass is 10.00. The SMILES string of the molecule is CSC(C)(C)C(=O)c1ccccc1F. The Hall–Kier alpha value is -0.830. The van der Waals surface area contributed by atoms with Gasteiger partial charge in [0.1, 0.15) is 5.82 Å². The molecule has 0 atom stereocenters. The smallest absolute Gasteiger partial charge is 0.181 e. The number of Topliss-reactive ketones (excluding diaryl/α,β-unsaturated/α-hetero) is 1. The molecule has 0 unspecified atom stereocenters. The zero-order valence-electron chi connectivity index (χ0n) is 8.50. The third kappa shape index (κ3) is 2.15. The number of thioether (sulfide) groups is 1. The molecule has 1 nitrogen and oxygen atoms in total. The Labute approximate surface area is 87.7 Å². The van der Waals surface area contributed by atoms with E-state index in [1.54, 1.807) is 26.0 Å². The number of ketones is 1. The van der Waals surface area contributed by atoms with Crippen LogP contribution in [-0.4, -0.2) is 16.8 Å². The van der Waals surface area contributed by atoms with Crippen LogP contribution in [0.1, 0.15) is 24.2 Å². The van der Waals surface area contributed by atoms with Gasteiger partial charge in [-0.05, 0) is 32.2 Å². The minimum absolute atomic E-state index is 0.164. The van der Waals surface area contributed by atoms with E-state index < -0.39 is 10.6 Å². The van der Waals surface area contributed by atoms with E-state index in [1.807, 2.05) is 6.26 Å². The fourth-order valence-electron chi connectivity index (χ4n) is 1.06. The molecule has 76 valence electrons. The summed E-state index contributed by atoms with van der Waals surface area (Å²) in [7, 11) is 0. The number of benzene rings is 1. The zero-order chi connectivity index (χ0) is 10.8. The number of hydrogen-bond donors (Lipinski definition) is 0. The number of carbonyl (C=O) groups excluding carboxylic acids is 1. The van der Waals surface area contributed by atoms with Crippen molar-refractivity contribution in [3.63, 3.8) is 0 Å². The maximum Gasteiger partial charge on any atom is 0.181 e. The lowest BCUT2D eigenvalue weighted by Gasteiger charge is -2.20. The third-order valence-corrected chi connectivity index (χ3v) is 3.38. The van der Waals surface area contributed by atoms with E-state index in [0.717, 1.165) is 0 Å². The van der Waals surface area contributed by atoms with Gasteiger partial charge in [-0.15, -0.1) is 0 Å². The molecule has 0 N–H and O–H groups in total. The van der Waals surface area contributed by atoms with E-state index in [0.29, 0.717) is 0 Å². The number of hydrogen-bond acceptors (Lipinski definition) is 2. The average molecular weight is 212 g/mol. The second-order valence-electron chi connectivity index (χ2n) is 3.52. The number of halogens is 1. The fraction of sp³-hybridized carbons (Fsp3) is 0.364. The van der Waals surface area contributed by atoms with Crippen LogP contribution in [0.2, 0.25) is 0 Å². The molecule has 0 aliphatic heterocycles. The van der Waals surface area contributed by atoms with Gasteiger partial charge >= 0.3 is 0 Å². The van der Waals surface area contributed by atoms with Crippen LogP contribution in [0.5, 0.6) is 0 Å². The molecule has 0 spiro atoms. The molecule has 1 aromatic rings. The summed E-state index contributed by atoms with van der Waals surface area (Å²) in [6.07, 6.45) is 1.85. The van der Waals surface area contributed by atoms with Gasteiger partial charge in [-0.1, -0.05) is 12.1 Å². The van der Waals surface area contributed by atoms with E-state index in [4.69, 9.17) is 0 Å². The van der Waals surface area contributed by atoms with Crippen LogP contribution in [0.15, 0.2) is 24.3 Å². The predicted octanol–water partition coefficient (Wildman–Crippen LogP) is 3.15. The van der Waals surface area contributed by atoms with E-state index in [9.17, 15) is 9.18 Å². The van der Waals surface area contributed by atoms with Crippen molar-refractivity contribution in [1.82, 2.24) is 0 Å². The molecule has 0 saturated carbocycles. The Morgan fingerprint density at radius 3 is 2.43 bits per heavy atom. The third-order valence-electron chi connectivity index (χ3n) is 2.18. The van der Waals surface area contributed by atoms with Crippen molar-refractivity contribution in [2.45, 2.75) is 18.6 Å². The van der Waals surface area contributed by atoms with Crippen LogP contribution in [-0.2, 0) is 0 Å². The first kappa shape index (κ1) is 11.2. The molecule has 1 aromatic carbocycles. The highest BCUT2D eigenvalue weighted by atomic mass is 32.2. The van der Waals surface area contributed by atoms with Gasteiger partial charge in [0.05, 0.1) is 10.3 Å². The monoisotopic (exact) mass is 212 g/mol. The predicted molar refractivity (Wildman–Crippen MR) is 58.3 cm³/mol. The molecule has 1 rings (SSSR count). The molecular weight excluding hydrogens is 199 g/mol. The van der Waals surface area contributed by atoms with E-state index in [-0.39, 0.29) is 11.3 Å². The van der Waals surface area contributed by atoms with E-state index in [1.165, 1.54) is 23.9 Å². The number of rotatable bonds is 3. The van der Waals surface area contributed by atoms with Crippen molar-refractivity contribution in [3.8, 4) is 0 Å². The Morgan fingerprint density at radius 2 is 1.93 bits per heavy atom. The minimum atomic E-state index is -0.567. The van der Waals surface area contributed by atoms with Gasteiger partial charge in [0, 0.05) is 0 Å². The highest BCUT2D eigenvalue weighted by molar-refractivity contribution is 8.00. The van der Waals surface area contributed by atoms with Gasteiger partial charge in [-0.2, -0.15) is 11.8 Å². The van der Waals surface area contributed by atoms with Gasteiger partial charge < -0.3 is 0 Å². The van der Waals surface area contributed by atoms with E-state index >= 15 is 0 Å². The molecule has 0 aliphatic rings. The molecule has 0 aromatic heterocycles. The summed E-state index contributed by atoms with van der Waals surface area (Å²) in [4.78, 5) is 11.9. The van der Waals surface area contributed by atoms with Crippen LogP contribution < -0.4 is 0 Å². The second kappa shape index (κ2) is 4.13. The van der Waals surface area contributed by atoms with Gasteiger partial charge in [0.2, 0.25) is 0 Å². The molecule has 0 fully saturated rings. The quantitative estimate of drug-likeness (QED) is 0.716. The van der Waals surface area contributed by atoms with Crippen LogP contribution in [0.3, 0.4) is 0 Å². The zero-order valence-corrected chi connectivity index (χ0v) is 9.32. The lowest BCUT2D eigenvalue weighted by molar-refractivity contribution is 0.0954. The molecule has 14 heavy (non-hydrogen) atoms. The van der Waals surface area contributed by atoms with Crippen molar-refractivity contribution in [2.75, 3.05) is 6.26 Å². The summed E-state index contributed by atoms with van der Waals surface area (Å²) in [5, 5.41) is 0. The Morgan fingerprint density at radius 1 is 1.36 bits per heavy atom. The first-order chi connectivity index (χ1) is 6.49. The Balaban J connectivity index is 3.07. The van der Waals surface area contributed by atoms with Crippen molar-refractivity contribution >= 4 is 17.5 Å². The normalized spacial score (nSPS) is 11.4. The topological polar surface area (TPSA) is 17.1 Å². The molecule has 0 radical (unpaired) electrons. The van der Waals surface area contributed by atoms with Crippen molar-refractivity contribution in [3.05, 3.63) is 35.6 Å². The summed E-state index contributed by atoms with van der Waals surface area (Å²) in [5.41, 5.74) is 0.173. The number of carbonyl (C=O) groups is 1. The summed E-state index contributed by atoms with van der Waals surface area (Å²) in [6.45, 7) is 3.60. The highest BCUT2D eigenvalue weighted by Crippen LogP contribution is 2.26. The molecule has 0 bridgehead atoms. The Bertz CT molecular complexity index is 347. The van der Waals surface area contributed by atoms with E-state index in [2.05, 4.69) is 0 Å². The molecule has 0 saturated heterocycles. The molecular formula is C11H13FOS. The maximum atomic E-state index is 13.3. The highest BCUT2D eigenvalue weighted by Gasteiger charge is 2.29. The summed E-state index contributed by atoms with van der Waals surface area (Å²) >= 11 is 1.42. The Kier molecular flexibility index (Phi) is 3.32. The summed E-state index contributed by atoms with van der Waals surface area (Å²) in [5.74, 6) is -0.609. The molecule has 0 heterocycles. The molecule has 3 heteroatoms. The minimum Gasteiger partial charge on any atom is -0.293 e. The summed E-state index contributed by atoms with van der Waals surface area (Å²) in [6, 6.07) is 6.09. The van der Waals surface area contributed by atoms with Crippen LogP contribution in [0.4, 0.5) is 4.39 Å². The van der Waals surface area contributed by atoms with Crippen LogP contribution >= 0.6 is 11.8 Å². The maximum absolute atomic E-state index is 13.3. The van der Waals surface area contributed by atoms with Crippen molar-refractivity contribution in [2.24, 2.45) is 0 Å². The largest absolute Gasteiger partial charge is 0.293 e. The lowest BCUT2D eigenvalue weighted by Crippen LogP contribution is -2.28. The first-order valence-electron chi connectivity index (χ1n) is 4.33. The standard InChI is InChI=1S/C11H13FOS/c1-11(2,14-3)10(13)8-6-4-5-7-9(8)12/h4-7H,1-3H3. The van der Waals surface area contributed by atoms with Gasteiger partial charge in [0.25, 0.3) is 0 Å². The van der Waals surface area contributed by atoms with Crippen molar-refractivity contribution < 1.29 is 9.18 Å². The first-order valence-corrected chi connectivity index (χ1v) is 5.56. The second-order valence-corrected chi connectivity index (χ2v) is 4.95. The molecule has 0 aliphatic carbocycles. The van der Waals surface area contributed by atoms with Gasteiger partial charge in [-0.25, -0.2) is 4.39 Å². The summed E-state index contributed by atoms with van der Waals surface area (Å²) < 4.78 is 12.7. The van der Waals surface area contributed by atoms with Crippen molar-refractivity contribution in [1.29, 1.82) is 0 Å². The van der Waals surface area contributed by atoms with Gasteiger partial charge in [0.15, 0.2) is 5.78 Å².